The number of piperazine rings is 1. The van der Waals surface area contributed by atoms with Gasteiger partial charge in [0, 0.05) is 38.1 Å². The molecule has 1 aliphatic rings. The standard InChI is InChI=1S/C22H32N6O2S.HI/c1-3-18-8-7-9-19(4-2)21(18)26-22(23)25-12-17-31(29,30)28-15-13-27(14-16-28)20-10-5-6-11-24-20;/h5-11H,3-4,12-17H2,1-2H3,(H3,23,25,26);1H. The number of guanidine groups is 1. The van der Waals surface area contributed by atoms with Crippen LogP contribution in [0.5, 0.6) is 0 Å². The van der Waals surface area contributed by atoms with Crippen molar-refractivity contribution in [1.82, 2.24) is 9.29 Å². The summed E-state index contributed by atoms with van der Waals surface area (Å²) in [5, 5.41) is 3.18. The van der Waals surface area contributed by atoms with Crippen LogP contribution in [0.1, 0.15) is 25.0 Å². The van der Waals surface area contributed by atoms with E-state index < -0.39 is 10.0 Å². The van der Waals surface area contributed by atoms with Gasteiger partial charge in [0.25, 0.3) is 0 Å². The van der Waals surface area contributed by atoms with E-state index in [9.17, 15) is 8.42 Å². The van der Waals surface area contributed by atoms with Crippen molar-refractivity contribution in [2.75, 3.05) is 48.7 Å². The number of anilines is 2. The molecule has 2 aromatic rings. The van der Waals surface area contributed by atoms with Crippen molar-refractivity contribution in [2.24, 2.45) is 10.7 Å². The molecule has 0 atom stereocenters. The number of aromatic nitrogens is 1. The quantitative estimate of drug-likeness (QED) is 0.287. The molecule has 2 heterocycles. The number of nitrogens with one attached hydrogen (secondary N) is 1. The minimum atomic E-state index is -3.39. The van der Waals surface area contributed by atoms with Crippen LogP contribution < -0.4 is 16.0 Å². The van der Waals surface area contributed by atoms with Gasteiger partial charge < -0.3 is 16.0 Å². The van der Waals surface area contributed by atoms with Crippen molar-refractivity contribution in [2.45, 2.75) is 26.7 Å². The van der Waals surface area contributed by atoms with Crippen LogP contribution in [0.25, 0.3) is 0 Å². The molecule has 1 aliphatic heterocycles. The molecule has 0 spiro atoms. The van der Waals surface area contributed by atoms with Gasteiger partial charge in [-0.1, -0.05) is 38.1 Å². The average molecular weight is 573 g/mol. The molecule has 176 valence electrons. The molecule has 0 unspecified atom stereocenters. The fourth-order valence-electron chi connectivity index (χ4n) is 3.72. The van der Waals surface area contributed by atoms with Gasteiger partial charge in [-0.15, -0.1) is 24.0 Å². The van der Waals surface area contributed by atoms with Crippen molar-refractivity contribution in [3.8, 4) is 0 Å². The van der Waals surface area contributed by atoms with Crippen molar-refractivity contribution in [1.29, 1.82) is 0 Å². The molecule has 3 N–H and O–H groups in total. The first-order valence-corrected chi connectivity index (χ1v) is 12.4. The molecule has 0 aliphatic carbocycles. The van der Waals surface area contributed by atoms with Gasteiger partial charge in [-0.05, 0) is 36.1 Å². The zero-order valence-corrected chi connectivity index (χ0v) is 21.8. The third-order valence-corrected chi connectivity index (χ3v) is 7.34. The summed E-state index contributed by atoms with van der Waals surface area (Å²) in [7, 11) is -3.39. The molecule has 1 saturated heterocycles. The smallest absolute Gasteiger partial charge is 0.216 e. The molecule has 0 saturated carbocycles. The molecule has 0 amide bonds. The minimum absolute atomic E-state index is 0. The maximum Gasteiger partial charge on any atom is 0.216 e. The monoisotopic (exact) mass is 572 g/mol. The van der Waals surface area contributed by atoms with Crippen LogP contribution in [-0.4, -0.2) is 62.1 Å². The molecule has 3 rings (SSSR count). The van der Waals surface area contributed by atoms with Crippen LogP contribution in [0.4, 0.5) is 11.5 Å². The first-order chi connectivity index (χ1) is 14.9. The fraction of sp³-hybridized carbons (Fsp3) is 0.455. The molecule has 1 fully saturated rings. The van der Waals surface area contributed by atoms with E-state index in [2.05, 4.69) is 46.2 Å². The summed E-state index contributed by atoms with van der Waals surface area (Å²) in [4.78, 5) is 10.7. The third-order valence-electron chi connectivity index (χ3n) is 5.49. The van der Waals surface area contributed by atoms with Crippen molar-refractivity contribution < 1.29 is 8.42 Å². The number of benzene rings is 1. The Hall–Kier alpha value is -1.92. The maximum absolute atomic E-state index is 12.7. The summed E-state index contributed by atoms with van der Waals surface area (Å²) < 4.78 is 27.0. The second-order valence-corrected chi connectivity index (χ2v) is 9.53. The lowest BCUT2D eigenvalue weighted by atomic mass is 10.0. The number of para-hydroxylation sites is 1. The molecule has 0 radical (unpaired) electrons. The number of nitrogens with zero attached hydrogens (tertiary/aromatic N) is 4. The minimum Gasteiger partial charge on any atom is -0.370 e. The molecule has 10 heteroatoms. The van der Waals surface area contributed by atoms with Crippen molar-refractivity contribution in [3.05, 3.63) is 53.7 Å². The third kappa shape index (κ3) is 6.79. The number of sulfonamides is 1. The van der Waals surface area contributed by atoms with Crippen LogP contribution in [0.3, 0.4) is 0 Å². The number of hydrogen-bond acceptors (Lipinski definition) is 5. The SMILES string of the molecule is CCc1cccc(CC)c1NC(N)=NCCS(=O)(=O)N1CCN(c2ccccn2)CC1.I. The Balaban J connectivity index is 0.00000363. The van der Waals surface area contributed by atoms with Crippen molar-refractivity contribution in [3.63, 3.8) is 0 Å². The Morgan fingerprint density at radius 2 is 1.72 bits per heavy atom. The van der Waals surface area contributed by atoms with Crippen LogP contribution in [0.2, 0.25) is 0 Å². The topological polar surface area (TPSA) is 104 Å². The molecular formula is C22H33IN6O2S. The van der Waals surface area contributed by atoms with Crippen LogP contribution in [0, 0.1) is 0 Å². The molecule has 1 aromatic carbocycles. The first kappa shape index (κ1) is 26.3. The Morgan fingerprint density at radius 1 is 1.06 bits per heavy atom. The Morgan fingerprint density at radius 3 is 2.28 bits per heavy atom. The molecule has 0 bridgehead atoms. The van der Waals surface area contributed by atoms with Gasteiger partial charge >= 0.3 is 0 Å². The van der Waals surface area contributed by atoms with E-state index in [4.69, 9.17) is 5.73 Å². The average Bonchev–Trinajstić information content (AvgIpc) is 2.79. The highest BCUT2D eigenvalue weighted by molar-refractivity contribution is 14.0. The summed E-state index contributed by atoms with van der Waals surface area (Å²) in [6.45, 7) is 6.44. The maximum atomic E-state index is 12.7. The second kappa shape index (κ2) is 12.4. The fourth-order valence-corrected chi connectivity index (χ4v) is 5.02. The van der Waals surface area contributed by atoms with E-state index in [0.29, 0.717) is 26.2 Å². The van der Waals surface area contributed by atoms with Gasteiger partial charge in [-0.2, -0.15) is 4.31 Å². The van der Waals surface area contributed by atoms with Gasteiger partial charge in [-0.3, -0.25) is 4.99 Å². The number of nitrogens with two attached hydrogens (primary N) is 1. The lowest BCUT2D eigenvalue weighted by Gasteiger charge is -2.34. The van der Waals surface area contributed by atoms with Crippen LogP contribution in [0.15, 0.2) is 47.6 Å². The normalized spacial score (nSPS) is 15.3. The molecule has 1 aromatic heterocycles. The van der Waals surface area contributed by atoms with Gasteiger partial charge in [0.15, 0.2) is 5.96 Å². The zero-order valence-electron chi connectivity index (χ0n) is 18.7. The summed E-state index contributed by atoms with van der Waals surface area (Å²) in [6, 6.07) is 11.9. The van der Waals surface area contributed by atoms with E-state index in [0.717, 1.165) is 35.5 Å². The number of halogens is 1. The lowest BCUT2D eigenvalue weighted by Crippen LogP contribution is -2.49. The number of hydrogen-bond donors (Lipinski definition) is 2. The second-order valence-electron chi connectivity index (χ2n) is 7.44. The molecule has 32 heavy (non-hydrogen) atoms. The van der Waals surface area contributed by atoms with E-state index in [-0.39, 0.29) is 42.2 Å². The number of rotatable bonds is 8. The Bertz CT molecular complexity index is 970. The van der Waals surface area contributed by atoms with E-state index in [1.807, 2.05) is 24.3 Å². The van der Waals surface area contributed by atoms with Crippen LogP contribution >= 0.6 is 24.0 Å². The predicted molar refractivity (Wildman–Crippen MR) is 143 cm³/mol. The summed E-state index contributed by atoms with van der Waals surface area (Å²) in [5.74, 6) is 1.06. The summed E-state index contributed by atoms with van der Waals surface area (Å²) in [5.41, 5.74) is 9.36. The molecular weight excluding hydrogens is 539 g/mol. The Labute approximate surface area is 208 Å². The largest absolute Gasteiger partial charge is 0.370 e. The highest BCUT2D eigenvalue weighted by Crippen LogP contribution is 2.22. The highest BCUT2D eigenvalue weighted by atomic mass is 127. The lowest BCUT2D eigenvalue weighted by molar-refractivity contribution is 0.384. The predicted octanol–water partition coefficient (Wildman–Crippen LogP) is 2.70. The van der Waals surface area contributed by atoms with Gasteiger partial charge in [0.1, 0.15) is 5.82 Å². The summed E-state index contributed by atoms with van der Waals surface area (Å²) >= 11 is 0. The van der Waals surface area contributed by atoms with E-state index in [1.165, 1.54) is 4.31 Å². The number of aryl methyl sites for hydroxylation is 2. The van der Waals surface area contributed by atoms with E-state index >= 15 is 0 Å². The molecule has 8 nitrogen and oxygen atoms in total. The first-order valence-electron chi connectivity index (χ1n) is 10.8. The Kier molecular flexibility index (Phi) is 10.2. The summed E-state index contributed by atoms with van der Waals surface area (Å²) in [6.07, 6.45) is 3.50. The van der Waals surface area contributed by atoms with Crippen LogP contribution in [-0.2, 0) is 22.9 Å². The van der Waals surface area contributed by atoms with Crippen molar-refractivity contribution >= 4 is 51.5 Å². The zero-order chi connectivity index (χ0) is 22.3. The number of pyridine rings is 1. The van der Waals surface area contributed by atoms with Gasteiger partial charge in [0.2, 0.25) is 10.0 Å². The van der Waals surface area contributed by atoms with Gasteiger partial charge in [0.05, 0.1) is 12.3 Å². The highest BCUT2D eigenvalue weighted by Gasteiger charge is 2.27. The van der Waals surface area contributed by atoms with Gasteiger partial charge in [-0.25, -0.2) is 13.4 Å². The van der Waals surface area contributed by atoms with E-state index in [1.54, 1.807) is 6.20 Å². The number of aliphatic imine (C=N–C) groups is 1.